The van der Waals surface area contributed by atoms with E-state index in [4.69, 9.17) is 15.0 Å². The molecule has 0 aliphatic carbocycles. The molecule has 1 aliphatic heterocycles. The number of hydrogen-bond donors (Lipinski definition) is 1. The van der Waals surface area contributed by atoms with Crippen LogP contribution in [0.2, 0.25) is 0 Å². The van der Waals surface area contributed by atoms with Gasteiger partial charge in [0.25, 0.3) is 0 Å². The lowest BCUT2D eigenvalue weighted by Gasteiger charge is -2.32. The third-order valence-corrected chi connectivity index (χ3v) is 5.35. The molecule has 0 spiro atoms. The van der Waals surface area contributed by atoms with Crippen molar-refractivity contribution in [1.82, 2.24) is 15.0 Å². The Morgan fingerprint density at radius 3 is 2.89 bits per heavy atom. The number of aryl methyl sites for hydroxylation is 1. The molecule has 9 heteroatoms. The van der Waals surface area contributed by atoms with E-state index in [1.165, 1.54) is 0 Å². The van der Waals surface area contributed by atoms with Gasteiger partial charge in [0.1, 0.15) is 0 Å². The zero-order valence-corrected chi connectivity index (χ0v) is 17.0. The van der Waals surface area contributed by atoms with Crippen LogP contribution < -0.4 is 5.73 Å². The monoisotopic (exact) mass is 414 g/mol. The summed E-state index contributed by atoms with van der Waals surface area (Å²) in [6, 6.07) is 3.92. The molecule has 3 rings (SSSR count). The number of halogens is 1. The predicted octanol–water partition coefficient (Wildman–Crippen LogP) is 2.90. The van der Waals surface area contributed by atoms with E-state index >= 15 is 0 Å². The SMILES string of the molecule is Cl.NCCCOC1CCN(C(=O)CCCc2nc(-c3cccs3)no2)CC1. The zero-order valence-electron chi connectivity index (χ0n) is 15.3. The zero-order chi connectivity index (χ0) is 18.2. The van der Waals surface area contributed by atoms with E-state index in [1.807, 2.05) is 22.4 Å². The Labute approximate surface area is 169 Å². The standard InChI is InChI=1S/C18H26N4O3S.ClH/c19-9-3-12-24-14-7-10-22(11-8-14)17(23)6-1-5-16-20-18(21-25-16)15-4-2-13-26-15;/h2,4,13-14H,1,3,5-12,19H2;1H. The smallest absolute Gasteiger partial charge is 0.226 e. The fourth-order valence-electron chi connectivity index (χ4n) is 3.02. The number of aromatic nitrogens is 2. The van der Waals surface area contributed by atoms with Gasteiger partial charge in [-0.25, -0.2) is 0 Å². The third-order valence-electron chi connectivity index (χ3n) is 4.49. The molecular weight excluding hydrogens is 388 g/mol. The van der Waals surface area contributed by atoms with E-state index in [2.05, 4.69) is 10.1 Å². The number of thiophene rings is 1. The van der Waals surface area contributed by atoms with Gasteiger partial charge in [-0.15, -0.1) is 23.7 Å². The van der Waals surface area contributed by atoms with E-state index in [0.29, 0.717) is 37.7 Å². The van der Waals surface area contributed by atoms with Crippen LogP contribution in [-0.2, 0) is 16.0 Å². The average molecular weight is 415 g/mol. The van der Waals surface area contributed by atoms with Crippen molar-refractivity contribution in [2.75, 3.05) is 26.2 Å². The van der Waals surface area contributed by atoms with Crippen LogP contribution in [0.1, 0.15) is 38.0 Å². The number of ether oxygens (including phenoxy) is 1. The molecule has 0 atom stereocenters. The summed E-state index contributed by atoms with van der Waals surface area (Å²) in [5.74, 6) is 1.41. The summed E-state index contributed by atoms with van der Waals surface area (Å²) < 4.78 is 11.1. The van der Waals surface area contributed by atoms with Gasteiger partial charge >= 0.3 is 0 Å². The molecular formula is C18H27ClN4O3S. The first-order chi connectivity index (χ1) is 12.8. The normalized spacial score (nSPS) is 14.9. The average Bonchev–Trinajstić information content (AvgIpc) is 3.34. The maximum absolute atomic E-state index is 12.4. The Morgan fingerprint density at radius 2 is 2.19 bits per heavy atom. The van der Waals surface area contributed by atoms with E-state index in [1.54, 1.807) is 11.3 Å². The number of carbonyl (C=O) groups excluding carboxylic acids is 1. The Balaban J connectivity index is 0.00000261. The van der Waals surface area contributed by atoms with Gasteiger partial charge in [0.05, 0.1) is 11.0 Å². The van der Waals surface area contributed by atoms with Crippen molar-refractivity contribution in [2.45, 2.75) is 44.6 Å². The van der Waals surface area contributed by atoms with Crippen LogP contribution in [0.15, 0.2) is 22.0 Å². The van der Waals surface area contributed by atoms with Crippen molar-refractivity contribution >= 4 is 29.7 Å². The highest BCUT2D eigenvalue weighted by molar-refractivity contribution is 7.13. The lowest BCUT2D eigenvalue weighted by Crippen LogP contribution is -2.41. The number of nitrogens with two attached hydrogens (primary N) is 1. The lowest BCUT2D eigenvalue weighted by atomic mass is 10.1. The van der Waals surface area contributed by atoms with Gasteiger partial charge in [-0.05, 0) is 43.7 Å². The molecule has 1 aliphatic rings. The van der Waals surface area contributed by atoms with Crippen LogP contribution in [0, 0.1) is 0 Å². The first-order valence-corrected chi connectivity index (χ1v) is 10.1. The Morgan fingerprint density at radius 1 is 1.37 bits per heavy atom. The Hall–Kier alpha value is -1.48. The minimum atomic E-state index is 0. The molecule has 1 amide bonds. The van der Waals surface area contributed by atoms with Gasteiger partial charge in [-0.1, -0.05) is 11.2 Å². The van der Waals surface area contributed by atoms with Gasteiger partial charge in [-0.2, -0.15) is 4.98 Å². The van der Waals surface area contributed by atoms with Gasteiger partial charge in [-0.3, -0.25) is 4.79 Å². The van der Waals surface area contributed by atoms with E-state index in [-0.39, 0.29) is 24.4 Å². The molecule has 2 aromatic heterocycles. The van der Waals surface area contributed by atoms with Crippen molar-refractivity contribution in [3.05, 3.63) is 23.4 Å². The summed E-state index contributed by atoms with van der Waals surface area (Å²) in [5.41, 5.74) is 5.47. The summed E-state index contributed by atoms with van der Waals surface area (Å²) in [7, 11) is 0. The highest BCUT2D eigenvalue weighted by Gasteiger charge is 2.23. The van der Waals surface area contributed by atoms with Gasteiger partial charge in [0, 0.05) is 32.5 Å². The van der Waals surface area contributed by atoms with E-state index in [0.717, 1.165) is 43.6 Å². The summed E-state index contributed by atoms with van der Waals surface area (Å²) in [4.78, 5) is 19.7. The summed E-state index contributed by atoms with van der Waals surface area (Å²) >= 11 is 1.58. The number of carbonyl (C=O) groups is 1. The molecule has 150 valence electrons. The molecule has 2 N–H and O–H groups in total. The van der Waals surface area contributed by atoms with Crippen molar-refractivity contribution in [2.24, 2.45) is 5.73 Å². The van der Waals surface area contributed by atoms with Gasteiger partial charge in [0.15, 0.2) is 0 Å². The molecule has 0 radical (unpaired) electrons. The molecule has 0 saturated carbocycles. The van der Waals surface area contributed by atoms with Crippen molar-refractivity contribution in [3.63, 3.8) is 0 Å². The molecule has 0 aromatic carbocycles. The quantitative estimate of drug-likeness (QED) is 0.634. The van der Waals surface area contributed by atoms with Gasteiger partial charge < -0.3 is 19.9 Å². The summed E-state index contributed by atoms with van der Waals surface area (Å²) in [6.07, 6.45) is 4.83. The van der Waals surface area contributed by atoms with Crippen LogP contribution in [-0.4, -0.2) is 53.3 Å². The highest BCUT2D eigenvalue weighted by Crippen LogP contribution is 2.22. The topological polar surface area (TPSA) is 94.5 Å². The number of amides is 1. The Kier molecular flexibility index (Phi) is 9.20. The number of nitrogens with zero attached hydrogens (tertiary/aromatic N) is 3. The second-order valence-corrected chi connectivity index (χ2v) is 7.38. The van der Waals surface area contributed by atoms with Crippen LogP contribution >= 0.6 is 23.7 Å². The Bertz CT molecular complexity index is 672. The van der Waals surface area contributed by atoms with E-state index in [9.17, 15) is 4.79 Å². The van der Waals surface area contributed by atoms with Crippen molar-refractivity contribution < 1.29 is 14.1 Å². The molecule has 7 nitrogen and oxygen atoms in total. The molecule has 1 saturated heterocycles. The second kappa shape index (κ2) is 11.4. The molecule has 3 heterocycles. The fraction of sp³-hybridized carbons (Fsp3) is 0.611. The first kappa shape index (κ1) is 21.8. The van der Waals surface area contributed by atoms with Crippen molar-refractivity contribution in [3.8, 4) is 10.7 Å². The highest BCUT2D eigenvalue weighted by atomic mass is 35.5. The first-order valence-electron chi connectivity index (χ1n) is 9.22. The molecule has 1 fully saturated rings. The van der Waals surface area contributed by atoms with Gasteiger partial charge in [0.2, 0.25) is 17.6 Å². The number of hydrogen-bond acceptors (Lipinski definition) is 7. The molecule has 2 aromatic rings. The number of likely N-dealkylation sites (tertiary alicyclic amines) is 1. The molecule has 27 heavy (non-hydrogen) atoms. The number of rotatable bonds is 9. The van der Waals surface area contributed by atoms with E-state index < -0.39 is 0 Å². The second-order valence-electron chi connectivity index (χ2n) is 6.44. The van der Waals surface area contributed by atoms with Crippen LogP contribution in [0.5, 0.6) is 0 Å². The van der Waals surface area contributed by atoms with Crippen LogP contribution in [0.3, 0.4) is 0 Å². The van der Waals surface area contributed by atoms with Crippen LogP contribution in [0.4, 0.5) is 0 Å². The third kappa shape index (κ3) is 6.57. The summed E-state index contributed by atoms with van der Waals surface area (Å²) in [5, 5.41) is 5.98. The maximum Gasteiger partial charge on any atom is 0.226 e. The fourth-order valence-corrected chi connectivity index (χ4v) is 3.67. The summed E-state index contributed by atoms with van der Waals surface area (Å²) in [6.45, 7) is 2.92. The molecule has 0 unspecified atom stereocenters. The largest absolute Gasteiger partial charge is 0.378 e. The number of piperidine rings is 1. The maximum atomic E-state index is 12.4. The van der Waals surface area contributed by atoms with Crippen LogP contribution in [0.25, 0.3) is 10.7 Å². The minimum absolute atomic E-state index is 0. The molecule has 0 bridgehead atoms. The lowest BCUT2D eigenvalue weighted by molar-refractivity contribution is -0.133. The van der Waals surface area contributed by atoms with Crippen molar-refractivity contribution in [1.29, 1.82) is 0 Å². The minimum Gasteiger partial charge on any atom is -0.378 e. The predicted molar refractivity (Wildman–Crippen MR) is 107 cm³/mol.